The standard InChI is InChI=1S/C17H28N4O2/c1-12(2)21(6)15-9-7-8-14(10-15)19-17(23)20(5)11-13(3)16(22)18-4/h7-10,12-13H,11H2,1-6H3,(H,18,22)(H,19,23)/t13-/m1/s1. The Labute approximate surface area is 138 Å². The van der Waals surface area contributed by atoms with Crippen molar-refractivity contribution in [2.75, 3.05) is 37.9 Å². The summed E-state index contributed by atoms with van der Waals surface area (Å²) in [5.41, 5.74) is 1.78. The van der Waals surface area contributed by atoms with Crippen LogP contribution in [-0.2, 0) is 4.79 Å². The lowest BCUT2D eigenvalue weighted by Gasteiger charge is -2.25. The molecule has 0 radical (unpaired) electrons. The topological polar surface area (TPSA) is 64.7 Å². The van der Waals surface area contributed by atoms with E-state index in [1.165, 1.54) is 4.90 Å². The molecule has 1 aromatic carbocycles. The molecule has 6 nitrogen and oxygen atoms in total. The van der Waals surface area contributed by atoms with Gasteiger partial charge >= 0.3 is 6.03 Å². The zero-order valence-corrected chi connectivity index (χ0v) is 14.9. The second-order valence-corrected chi connectivity index (χ2v) is 6.08. The first-order valence-electron chi connectivity index (χ1n) is 7.82. The van der Waals surface area contributed by atoms with Gasteiger partial charge in [-0.25, -0.2) is 4.79 Å². The fourth-order valence-electron chi connectivity index (χ4n) is 2.14. The van der Waals surface area contributed by atoms with E-state index < -0.39 is 0 Å². The molecule has 3 amide bonds. The van der Waals surface area contributed by atoms with Crippen molar-refractivity contribution in [1.82, 2.24) is 10.2 Å². The van der Waals surface area contributed by atoms with Crippen molar-refractivity contribution in [1.29, 1.82) is 0 Å². The quantitative estimate of drug-likeness (QED) is 0.846. The number of carbonyl (C=O) groups excluding carboxylic acids is 2. The van der Waals surface area contributed by atoms with Crippen molar-refractivity contribution < 1.29 is 9.59 Å². The van der Waals surface area contributed by atoms with Crippen molar-refractivity contribution in [3.63, 3.8) is 0 Å². The van der Waals surface area contributed by atoms with E-state index in [0.29, 0.717) is 12.6 Å². The van der Waals surface area contributed by atoms with Crippen LogP contribution in [0.4, 0.5) is 16.2 Å². The maximum absolute atomic E-state index is 12.2. The van der Waals surface area contributed by atoms with Gasteiger partial charge in [0, 0.05) is 45.1 Å². The van der Waals surface area contributed by atoms with Gasteiger partial charge in [0.2, 0.25) is 5.91 Å². The molecule has 23 heavy (non-hydrogen) atoms. The van der Waals surface area contributed by atoms with Crippen LogP contribution >= 0.6 is 0 Å². The minimum absolute atomic E-state index is 0.0785. The van der Waals surface area contributed by atoms with E-state index in [2.05, 4.69) is 29.4 Å². The Bertz CT molecular complexity index is 545. The number of urea groups is 1. The van der Waals surface area contributed by atoms with Crippen molar-refractivity contribution in [3.8, 4) is 0 Å². The van der Waals surface area contributed by atoms with Gasteiger partial charge in [-0.05, 0) is 32.0 Å². The molecule has 2 N–H and O–H groups in total. The van der Waals surface area contributed by atoms with Gasteiger partial charge in [0.25, 0.3) is 0 Å². The van der Waals surface area contributed by atoms with Crippen molar-refractivity contribution in [2.45, 2.75) is 26.8 Å². The Morgan fingerprint density at radius 3 is 2.39 bits per heavy atom. The molecule has 0 saturated heterocycles. The zero-order valence-electron chi connectivity index (χ0n) is 14.9. The second-order valence-electron chi connectivity index (χ2n) is 6.08. The molecule has 1 atom stereocenters. The highest BCUT2D eigenvalue weighted by atomic mass is 16.2. The Morgan fingerprint density at radius 1 is 1.17 bits per heavy atom. The predicted octanol–water partition coefficient (Wildman–Crippen LogP) is 2.38. The first-order valence-corrected chi connectivity index (χ1v) is 7.82. The van der Waals surface area contributed by atoms with Gasteiger partial charge in [0.15, 0.2) is 0 Å². The Kier molecular flexibility index (Phi) is 6.88. The molecule has 6 heteroatoms. The SMILES string of the molecule is CNC(=O)[C@H](C)CN(C)C(=O)Nc1cccc(N(C)C(C)C)c1. The minimum Gasteiger partial charge on any atom is -0.372 e. The molecule has 1 aromatic rings. The highest BCUT2D eigenvalue weighted by molar-refractivity contribution is 5.90. The summed E-state index contributed by atoms with van der Waals surface area (Å²) >= 11 is 0. The van der Waals surface area contributed by atoms with Crippen LogP contribution in [0.25, 0.3) is 0 Å². The van der Waals surface area contributed by atoms with Crippen LogP contribution in [0.15, 0.2) is 24.3 Å². The van der Waals surface area contributed by atoms with E-state index in [-0.39, 0.29) is 17.9 Å². The zero-order chi connectivity index (χ0) is 17.6. The lowest BCUT2D eigenvalue weighted by Crippen LogP contribution is -2.39. The van der Waals surface area contributed by atoms with Crippen LogP contribution in [0, 0.1) is 5.92 Å². The number of rotatable bonds is 6. The maximum atomic E-state index is 12.2. The first-order chi connectivity index (χ1) is 10.8. The maximum Gasteiger partial charge on any atom is 0.321 e. The van der Waals surface area contributed by atoms with Gasteiger partial charge in [0.05, 0.1) is 5.92 Å². The van der Waals surface area contributed by atoms with Gasteiger partial charge in [-0.2, -0.15) is 0 Å². The molecule has 0 fully saturated rings. The minimum atomic E-state index is -0.255. The van der Waals surface area contributed by atoms with Gasteiger partial charge in [0.1, 0.15) is 0 Å². The van der Waals surface area contributed by atoms with E-state index >= 15 is 0 Å². The number of amides is 3. The van der Waals surface area contributed by atoms with Gasteiger partial charge in [-0.3, -0.25) is 4.79 Å². The highest BCUT2D eigenvalue weighted by Gasteiger charge is 2.17. The summed E-state index contributed by atoms with van der Waals surface area (Å²) in [6.45, 7) is 6.37. The normalized spacial score (nSPS) is 11.8. The Morgan fingerprint density at radius 2 is 1.83 bits per heavy atom. The van der Waals surface area contributed by atoms with Crippen LogP contribution in [0.5, 0.6) is 0 Å². The summed E-state index contributed by atoms with van der Waals surface area (Å²) in [5, 5.41) is 5.45. The average molecular weight is 320 g/mol. The van der Waals surface area contributed by atoms with Crippen LogP contribution in [0.2, 0.25) is 0 Å². The number of nitrogens with one attached hydrogen (secondary N) is 2. The van der Waals surface area contributed by atoms with Crippen LogP contribution in [0.3, 0.4) is 0 Å². The molecular weight excluding hydrogens is 292 g/mol. The van der Waals surface area contributed by atoms with Crippen molar-refractivity contribution in [3.05, 3.63) is 24.3 Å². The molecule has 0 aliphatic heterocycles. The molecular formula is C17H28N4O2. The first kappa shape index (κ1) is 18.8. The number of benzene rings is 1. The molecule has 128 valence electrons. The van der Waals surface area contributed by atoms with Crippen molar-refractivity contribution in [2.24, 2.45) is 5.92 Å². The lowest BCUT2D eigenvalue weighted by molar-refractivity contribution is -0.124. The molecule has 0 aromatic heterocycles. The monoisotopic (exact) mass is 320 g/mol. The molecule has 0 aliphatic rings. The number of anilines is 2. The molecule has 0 saturated carbocycles. The fraction of sp³-hybridized carbons (Fsp3) is 0.529. The molecule has 1 rings (SSSR count). The predicted molar refractivity (Wildman–Crippen MR) is 94.9 cm³/mol. The Balaban J connectivity index is 2.70. The van der Waals surface area contributed by atoms with Crippen LogP contribution in [0.1, 0.15) is 20.8 Å². The largest absolute Gasteiger partial charge is 0.372 e. The smallest absolute Gasteiger partial charge is 0.321 e. The molecule has 0 bridgehead atoms. The molecule has 0 aliphatic carbocycles. The number of nitrogens with zero attached hydrogens (tertiary/aromatic N) is 2. The van der Waals surface area contributed by atoms with Crippen LogP contribution < -0.4 is 15.5 Å². The van der Waals surface area contributed by atoms with Gasteiger partial charge < -0.3 is 20.4 Å². The fourth-order valence-corrected chi connectivity index (χ4v) is 2.14. The third kappa shape index (κ3) is 5.47. The number of hydrogen-bond acceptors (Lipinski definition) is 3. The molecule has 0 heterocycles. The molecule has 0 spiro atoms. The van der Waals surface area contributed by atoms with Crippen molar-refractivity contribution >= 4 is 23.3 Å². The third-order valence-corrected chi connectivity index (χ3v) is 3.87. The highest BCUT2D eigenvalue weighted by Crippen LogP contribution is 2.20. The van der Waals surface area contributed by atoms with E-state index in [9.17, 15) is 9.59 Å². The second kappa shape index (κ2) is 8.41. The van der Waals surface area contributed by atoms with Crippen LogP contribution in [-0.4, -0.2) is 50.6 Å². The average Bonchev–Trinajstić information content (AvgIpc) is 2.53. The summed E-state index contributed by atoms with van der Waals surface area (Å²) in [4.78, 5) is 27.4. The van der Waals surface area contributed by atoms with E-state index in [1.54, 1.807) is 21.0 Å². The summed E-state index contributed by atoms with van der Waals surface area (Å²) in [6.07, 6.45) is 0. The van der Waals surface area contributed by atoms with Gasteiger partial charge in [-0.1, -0.05) is 13.0 Å². The van der Waals surface area contributed by atoms with E-state index in [0.717, 1.165) is 11.4 Å². The number of hydrogen-bond donors (Lipinski definition) is 2. The van der Waals surface area contributed by atoms with Gasteiger partial charge in [-0.15, -0.1) is 0 Å². The number of carbonyl (C=O) groups is 2. The van der Waals surface area contributed by atoms with E-state index in [4.69, 9.17) is 0 Å². The summed E-state index contributed by atoms with van der Waals surface area (Å²) in [5.74, 6) is -0.334. The Hall–Kier alpha value is -2.24. The molecule has 0 unspecified atom stereocenters. The summed E-state index contributed by atoms with van der Waals surface area (Å²) < 4.78 is 0. The lowest BCUT2D eigenvalue weighted by atomic mass is 10.1. The summed E-state index contributed by atoms with van der Waals surface area (Å²) in [7, 11) is 5.29. The summed E-state index contributed by atoms with van der Waals surface area (Å²) in [6, 6.07) is 7.85. The van der Waals surface area contributed by atoms with E-state index in [1.807, 2.05) is 31.3 Å². The third-order valence-electron chi connectivity index (χ3n) is 3.87.